The van der Waals surface area contributed by atoms with E-state index >= 15 is 0 Å². The Morgan fingerprint density at radius 2 is 1.55 bits per heavy atom. The number of hydrogen-bond acceptors (Lipinski definition) is 2. The molecule has 2 nitrogen and oxygen atoms in total. The lowest BCUT2D eigenvalue weighted by Gasteiger charge is -2.19. The highest BCUT2D eigenvalue weighted by Gasteiger charge is 2.12. The molecule has 0 spiro atoms. The third-order valence-electron chi connectivity index (χ3n) is 3.39. The van der Waals surface area contributed by atoms with Crippen molar-refractivity contribution in [2.45, 2.75) is 26.8 Å². The summed E-state index contributed by atoms with van der Waals surface area (Å²) in [6.45, 7) is 6.98. The summed E-state index contributed by atoms with van der Waals surface area (Å²) >= 11 is 0. The van der Waals surface area contributed by atoms with Crippen molar-refractivity contribution < 1.29 is 4.74 Å². The zero-order valence-electron chi connectivity index (χ0n) is 12.7. The van der Waals surface area contributed by atoms with E-state index in [1.165, 1.54) is 22.3 Å². The molecule has 1 N–H and O–H groups in total. The van der Waals surface area contributed by atoms with E-state index in [1.807, 2.05) is 26.1 Å². The van der Waals surface area contributed by atoms with Gasteiger partial charge in [-0.25, -0.2) is 0 Å². The Hall–Kier alpha value is -1.80. The Kier molecular flexibility index (Phi) is 4.80. The van der Waals surface area contributed by atoms with Crippen LogP contribution in [0.3, 0.4) is 0 Å². The van der Waals surface area contributed by atoms with Crippen LogP contribution in [0.1, 0.15) is 35.2 Å². The van der Waals surface area contributed by atoms with Crippen molar-refractivity contribution in [1.29, 1.82) is 0 Å². The van der Waals surface area contributed by atoms with Gasteiger partial charge in [0.2, 0.25) is 0 Å². The van der Waals surface area contributed by atoms with Crippen LogP contribution in [0.4, 0.5) is 0 Å². The quantitative estimate of drug-likeness (QED) is 0.885. The molecule has 2 rings (SSSR count). The van der Waals surface area contributed by atoms with Crippen LogP contribution in [-0.4, -0.2) is 13.7 Å². The van der Waals surface area contributed by atoms with Crippen LogP contribution in [0.15, 0.2) is 42.5 Å². The number of hydrogen-bond donors (Lipinski definition) is 1. The van der Waals surface area contributed by atoms with E-state index in [2.05, 4.69) is 49.5 Å². The molecule has 20 heavy (non-hydrogen) atoms. The minimum absolute atomic E-state index is 0.212. The zero-order valence-corrected chi connectivity index (χ0v) is 12.7. The van der Waals surface area contributed by atoms with Gasteiger partial charge >= 0.3 is 0 Å². The summed E-state index contributed by atoms with van der Waals surface area (Å²) in [4.78, 5) is 0. The fourth-order valence-corrected chi connectivity index (χ4v) is 2.63. The van der Waals surface area contributed by atoms with Gasteiger partial charge in [-0.3, -0.25) is 0 Å². The molecule has 0 aromatic heterocycles. The van der Waals surface area contributed by atoms with Crippen molar-refractivity contribution in [2.75, 3.05) is 13.7 Å². The summed E-state index contributed by atoms with van der Waals surface area (Å²) in [6.07, 6.45) is 0. The van der Waals surface area contributed by atoms with Gasteiger partial charge in [0.25, 0.3) is 0 Å². The Morgan fingerprint density at radius 1 is 0.950 bits per heavy atom. The second-order valence-electron chi connectivity index (χ2n) is 5.14. The topological polar surface area (TPSA) is 21.3 Å². The predicted octanol–water partition coefficient (Wildman–Crippen LogP) is 4.01. The van der Waals surface area contributed by atoms with Crippen molar-refractivity contribution in [2.24, 2.45) is 0 Å². The fraction of sp³-hybridized carbons (Fsp3) is 0.333. The first kappa shape index (κ1) is 14.6. The Bertz CT molecular complexity index is 540. The number of ether oxygens (including phenoxy) is 1. The molecule has 0 aliphatic carbocycles. The van der Waals surface area contributed by atoms with Gasteiger partial charge < -0.3 is 10.1 Å². The first-order valence-corrected chi connectivity index (χ1v) is 7.12. The highest BCUT2D eigenvalue weighted by Crippen LogP contribution is 2.25. The Labute approximate surface area is 121 Å². The van der Waals surface area contributed by atoms with E-state index in [4.69, 9.17) is 4.74 Å². The average molecular weight is 269 g/mol. The molecule has 2 aromatic carbocycles. The summed E-state index contributed by atoms with van der Waals surface area (Å²) in [5.41, 5.74) is 5.15. The Morgan fingerprint density at radius 3 is 2.05 bits per heavy atom. The van der Waals surface area contributed by atoms with E-state index in [9.17, 15) is 0 Å². The largest absolute Gasteiger partial charge is 0.494 e. The summed E-state index contributed by atoms with van der Waals surface area (Å²) in [6, 6.07) is 15.2. The van der Waals surface area contributed by atoms with E-state index in [0.29, 0.717) is 6.61 Å². The number of aryl methyl sites for hydroxylation is 2. The van der Waals surface area contributed by atoms with Crippen LogP contribution in [0.5, 0.6) is 5.75 Å². The van der Waals surface area contributed by atoms with E-state index in [-0.39, 0.29) is 6.04 Å². The lowest BCUT2D eigenvalue weighted by Crippen LogP contribution is -2.17. The van der Waals surface area contributed by atoms with Crippen LogP contribution in [-0.2, 0) is 0 Å². The van der Waals surface area contributed by atoms with Crippen LogP contribution in [0.25, 0.3) is 0 Å². The maximum Gasteiger partial charge on any atom is 0.119 e. The van der Waals surface area contributed by atoms with Crippen LogP contribution in [0, 0.1) is 13.8 Å². The monoisotopic (exact) mass is 269 g/mol. The van der Waals surface area contributed by atoms with Crippen LogP contribution < -0.4 is 10.1 Å². The molecule has 2 heteroatoms. The first-order chi connectivity index (χ1) is 9.63. The van der Waals surface area contributed by atoms with E-state index < -0.39 is 0 Å². The molecule has 0 bridgehead atoms. The number of benzene rings is 2. The van der Waals surface area contributed by atoms with Gasteiger partial charge in [0.1, 0.15) is 5.75 Å². The zero-order chi connectivity index (χ0) is 14.5. The average Bonchev–Trinajstić information content (AvgIpc) is 2.41. The molecule has 0 aliphatic heterocycles. The fourth-order valence-electron chi connectivity index (χ4n) is 2.63. The van der Waals surface area contributed by atoms with Crippen molar-refractivity contribution >= 4 is 0 Å². The molecule has 0 aliphatic rings. The van der Waals surface area contributed by atoms with Crippen molar-refractivity contribution in [1.82, 2.24) is 5.32 Å². The number of rotatable bonds is 5. The Balaban J connectivity index is 2.31. The van der Waals surface area contributed by atoms with Crippen LogP contribution in [0.2, 0.25) is 0 Å². The molecule has 0 radical (unpaired) electrons. The molecular weight excluding hydrogens is 246 g/mol. The lowest BCUT2D eigenvalue weighted by molar-refractivity contribution is 0.340. The molecule has 106 valence electrons. The molecule has 0 heterocycles. The summed E-state index contributed by atoms with van der Waals surface area (Å²) in [5.74, 6) is 0.923. The second-order valence-corrected chi connectivity index (χ2v) is 5.14. The SMILES string of the molecule is CCOc1ccc(C(NC)c2cc(C)cc(C)c2)cc1. The molecular formula is C18H23NO. The molecule has 0 amide bonds. The van der Waals surface area contributed by atoms with E-state index in [1.54, 1.807) is 0 Å². The number of nitrogens with one attached hydrogen (secondary N) is 1. The van der Waals surface area contributed by atoms with Crippen molar-refractivity contribution in [3.63, 3.8) is 0 Å². The maximum absolute atomic E-state index is 5.50. The predicted molar refractivity (Wildman–Crippen MR) is 84.4 cm³/mol. The third-order valence-corrected chi connectivity index (χ3v) is 3.39. The second kappa shape index (κ2) is 6.58. The summed E-state index contributed by atoms with van der Waals surface area (Å²) in [5, 5.41) is 3.40. The van der Waals surface area contributed by atoms with Gasteiger partial charge in [0.15, 0.2) is 0 Å². The highest BCUT2D eigenvalue weighted by molar-refractivity contribution is 5.38. The van der Waals surface area contributed by atoms with Gasteiger partial charge in [0.05, 0.1) is 12.6 Å². The molecule has 1 atom stereocenters. The van der Waals surface area contributed by atoms with Crippen LogP contribution >= 0.6 is 0 Å². The first-order valence-electron chi connectivity index (χ1n) is 7.12. The standard InChI is InChI=1S/C18H23NO/c1-5-20-17-8-6-15(7-9-17)18(19-4)16-11-13(2)10-14(3)12-16/h6-12,18-19H,5H2,1-4H3. The summed E-state index contributed by atoms with van der Waals surface area (Å²) in [7, 11) is 2.00. The van der Waals surface area contributed by atoms with E-state index in [0.717, 1.165) is 5.75 Å². The summed E-state index contributed by atoms with van der Waals surface area (Å²) < 4.78 is 5.50. The van der Waals surface area contributed by atoms with Gasteiger partial charge in [0, 0.05) is 0 Å². The molecule has 0 fully saturated rings. The maximum atomic E-state index is 5.50. The van der Waals surface area contributed by atoms with Gasteiger partial charge in [-0.15, -0.1) is 0 Å². The molecule has 2 aromatic rings. The minimum atomic E-state index is 0.212. The third kappa shape index (κ3) is 3.40. The van der Waals surface area contributed by atoms with Gasteiger partial charge in [-0.2, -0.15) is 0 Å². The van der Waals surface area contributed by atoms with Crippen molar-refractivity contribution in [3.8, 4) is 5.75 Å². The highest BCUT2D eigenvalue weighted by atomic mass is 16.5. The lowest BCUT2D eigenvalue weighted by atomic mass is 9.96. The molecule has 1 unspecified atom stereocenters. The molecule has 0 saturated heterocycles. The van der Waals surface area contributed by atoms with Gasteiger partial charge in [-0.1, -0.05) is 41.5 Å². The normalized spacial score (nSPS) is 12.2. The smallest absolute Gasteiger partial charge is 0.119 e. The van der Waals surface area contributed by atoms with Gasteiger partial charge in [-0.05, 0) is 51.1 Å². The molecule has 0 saturated carbocycles. The minimum Gasteiger partial charge on any atom is -0.494 e. The van der Waals surface area contributed by atoms with Crippen molar-refractivity contribution in [3.05, 3.63) is 64.7 Å².